The van der Waals surface area contributed by atoms with Crippen molar-refractivity contribution in [1.29, 1.82) is 0 Å². The third-order valence-electron chi connectivity index (χ3n) is 3.34. The molecule has 1 amide bonds. The van der Waals surface area contributed by atoms with E-state index in [0.29, 0.717) is 11.5 Å². The smallest absolute Gasteiger partial charge is 0.475 e. The van der Waals surface area contributed by atoms with Gasteiger partial charge in [-0.3, -0.25) is 4.79 Å². The van der Waals surface area contributed by atoms with Crippen molar-refractivity contribution in [2.75, 3.05) is 25.4 Å². The van der Waals surface area contributed by atoms with E-state index in [1.165, 1.54) is 0 Å². The number of aliphatic carboxylic acids is 1. The first-order valence-corrected chi connectivity index (χ1v) is 7.21. The molecule has 1 saturated heterocycles. The summed E-state index contributed by atoms with van der Waals surface area (Å²) >= 11 is 0. The first kappa shape index (κ1) is 19.7. The summed E-state index contributed by atoms with van der Waals surface area (Å²) in [4.78, 5) is 24.7. The van der Waals surface area contributed by atoms with Crippen molar-refractivity contribution < 1.29 is 27.9 Å². The Bertz CT molecular complexity index is 560. The van der Waals surface area contributed by atoms with Crippen LogP contribution in [0, 0.1) is 5.92 Å². The van der Waals surface area contributed by atoms with Crippen LogP contribution < -0.4 is 16.4 Å². The number of carboxylic acids is 1. The molecule has 0 radical (unpaired) electrons. The molecule has 0 bridgehead atoms. The molecule has 0 aliphatic carbocycles. The summed E-state index contributed by atoms with van der Waals surface area (Å²) in [6, 6.07) is 3.41. The highest BCUT2D eigenvalue weighted by atomic mass is 19.4. The zero-order valence-electron chi connectivity index (χ0n) is 12.8. The van der Waals surface area contributed by atoms with Gasteiger partial charge in [0.2, 0.25) is 0 Å². The Morgan fingerprint density at radius 3 is 2.46 bits per heavy atom. The summed E-state index contributed by atoms with van der Waals surface area (Å²) in [6.07, 6.45) is -1.27. The first-order chi connectivity index (χ1) is 11.2. The zero-order valence-corrected chi connectivity index (χ0v) is 12.8. The monoisotopic (exact) mass is 348 g/mol. The lowest BCUT2D eigenvalue weighted by Crippen LogP contribution is -2.36. The predicted octanol–water partition coefficient (Wildman–Crippen LogP) is 1.03. The molecule has 0 atom stereocenters. The third kappa shape index (κ3) is 6.82. The number of carboxylic acid groups (broad SMARTS) is 1. The number of alkyl halides is 3. The molecular weight excluding hydrogens is 329 g/mol. The van der Waals surface area contributed by atoms with Crippen LogP contribution in [0.25, 0.3) is 0 Å². The van der Waals surface area contributed by atoms with E-state index < -0.39 is 12.1 Å². The van der Waals surface area contributed by atoms with Crippen LogP contribution in [0.15, 0.2) is 18.3 Å². The minimum Gasteiger partial charge on any atom is -0.475 e. The number of carbonyl (C=O) groups excluding carboxylic acids is 1. The molecular formula is C14H19F3N4O3. The third-order valence-corrected chi connectivity index (χ3v) is 3.34. The average Bonchev–Trinajstić information content (AvgIpc) is 2.54. The number of aromatic nitrogens is 1. The largest absolute Gasteiger partial charge is 0.490 e. The van der Waals surface area contributed by atoms with Crippen LogP contribution in [0.4, 0.5) is 19.0 Å². The van der Waals surface area contributed by atoms with Gasteiger partial charge in [0.15, 0.2) is 0 Å². The average molecular weight is 348 g/mol. The number of nitrogens with two attached hydrogens (primary N) is 1. The Morgan fingerprint density at radius 1 is 1.38 bits per heavy atom. The Kier molecular flexibility index (Phi) is 7.43. The van der Waals surface area contributed by atoms with Gasteiger partial charge in [-0.1, -0.05) is 0 Å². The molecule has 24 heavy (non-hydrogen) atoms. The Hall–Kier alpha value is -2.36. The van der Waals surface area contributed by atoms with Crippen molar-refractivity contribution >= 4 is 17.7 Å². The van der Waals surface area contributed by atoms with Gasteiger partial charge in [-0.05, 0) is 44.0 Å². The van der Waals surface area contributed by atoms with E-state index in [2.05, 4.69) is 15.6 Å². The molecule has 1 fully saturated rings. The van der Waals surface area contributed by atoms with Crippen LogP contribution in [0.1, 0.15) is 23.2 Å². The lowest BCUT2D eigenvalue weighted by atomic mass is 9.98. The highest BCUT2D eigenvalue weighted by Gasteiger charge is 2.38. The molecule has 0 spiro atoms. The Morgan fingerprint density at radius 2 is 1.96 bits per heavy atom. The molecule has 5 N–H and O–H groups in total. The van der Waals surface area contributed by atoms with Crippen LogP contribution in [0.5, 0.6) is 0 Å². The number of halogens is 3. The van der Waals surface area contributed by atoms with E-state index in [1.54, 1.807) is 18.3 Å². The summed E-state index contributed by atoms with van der Waals surface area (Å²) in [6.45, 7) is 2.79. The molecule has 1 aromatic heterocycles. The Labute approximate surface area is 136 Å². The first-order valence-electron chi connectivity index (χ1n) is 7.21. The summed E-state index contributed by atoms with van der Waals surface area (Å²) in [5.74, 6) is -2.03. The SMILES string of the molecule is Nc1ncccc1C(=O)NCC1CCNCC1.O=C(O)C(F)(F)F. The molecule has 0 unspecified atom stereocenters. The summed E-state index contributed by atoms with van der Waals surface area (Å²) in [5, 5.41) is 13.3. The molecule has 1 aliphatic rings. The van der Waals surface area contributed by atoms with Crippen molar-refractivity contribution in [3.05, 3.63) is 23.9 Å². The molecule has 1 aliphatic heterocycles. The molecule has 7 nitrogen and oxygen atoms in total. The number of piperidine rings is 1. The van der Waals surface area contributed by atoms with E-state index in [4.69, 9.17) is 15.6 Å². The van der Waals surface area contributed by atoms with Gasteiger partial charge in [0, 0.05) is 12.7 Å². The van der Waals surface area contributed by atoms with Gasteiger partial charge in [0.25, 0.3) is 5.91 Å². The minimum atomic E-state index is -5.08. The number of amides is 1. The number of anilines is 1. The fraction of sp³-hybridized carbons (Fsp3) is 0.500. The number of carbonyl (C=O) groups is 2. The molecule has 2 rings (SSSR count). The molecule has 2 heterocycles. The predicted molar refractivity (Wildman–Crippen MR) is 80.3 cm³/mol. The van der Waals surface area contributed by atoms with Gasteiger partial charge >= 0.3 is 12.1 Å². The van der Waals surface area contributed by atoms with Crippen molar-refractivity contribution in [2.45, 2.75) is 19.0 Å². The maximum atomic E-state index is 11.9. The second-order valence-corrected chi connectivity index (χ2v) is 5.14. The number of nitrogen functional groups attached to an aromatic ring is 1. The van der Waals surface area contributed by atoms with Crippen LogP contribution in [-0.2, 0) is 4.79 Å². The van der Waals surface area contributed by atoms with E-state index >= 15 is 0 Å². The van der Waals surface area contributed by atoms with Crippen molar-refractivity contribution in [3.8, 4) is 0 Å². The Balaban J connectivity index is 0.000000351. The molecule has 0 saturated carbocycles. The quantitative estimate of drug-likeness (QED) is 0.648. The molecule has 1 aromatic rings. The van der Waals surface area contributed by atoms with Crippen molar-refractivity contribution in [1.82, 2.24) is 15.6 Å². The standard InChI is InChI=1S/C12H18N4O.C2HF3O2/c13-11-10(2-1-5-15-11)12(17)16-8-9-3-6-14-7-4-9;3-2(4,5)1(6)7/h1-2,5,9,14H,3-4,6-8H2,(H2,13,15)(H,16,17);(H,6,7). The highest BCUT2D eigenvalue weighted by molar-refractivity contribution is 5.98. The van der Waals surface area contributed by atoms with Crippen LogP contribution in [0.2, 0.25) is 0 Å². The number of nitrogens with zero attached hydrogens (tertiary/aromatic N) is 1. The summed E-state index contributed by atoms with van der Waals surface area (Å²) in [5.41, 5.74) is 6.11. The lowest BCUT2D eigenvalue weighted by Gasteiger charge is -2.22. The number of nitrogens with one attached hydrogen (secondary N) is 2. The van der Waals surface area contributed by atoms with Crippen LogP contribution in [0.3, 0.4) is 0 Å². The van der Waals surface area contributed by atoms with Gasteiger partial charge in [-0.25, -0.2) is 9.78 Å². The van der Waals surface area contributed by atoms with E-state index in [0.717, 1.165) is 32.5 Å². The van der Waals surface area contributed by atoms with E-state index in [1.807, 2.05) is 0 Å². The maximum Gasteiger partial charge on any atom is 0.490 e. The minimum absolute atomic E-state index is 0.130. The number of hydrogen-bond donors (Lipinski definition) is 4. The summed E-state index contributed by atoms with van der Waals surface area (Å²) < 4.78 is 31.7. The topological polar surface area (TPSA) is 117 Å². The highest BCUT2D eigenvalue weighted by Crippen LogP contribution is 2.13. The summed E-state index contributed by atoms with van der Waals surface area (Å²) in [7, 11) is 0. The lowest BCUT2D eigenvalue weighted by molar-refractivity contribution is -0.192. The van der Waals surface area contributed by atoms with Crippen LogP contribution >= 0.6 is 0 Å². The van der Waals surface area contributed by atoms with Gasteiger partial charge in [-0.2, -0.15) is 13.2 Å². The van der Waals surface area contributed by atoms with Gasteiger partial charge in [-0.15, -0.1) is 0 Å². The molecule has 10 heteroatoms. The van der Waals surface area contributed by atoms with Crippen molar-refractivity contribution in [2.24, 2.45) is 5.92 Å². The number of pyridine rings is 1. The zero-order chi connectivity index (χ0) is 18.2. The fourth-order valence-corrected chi connectivity index (χ4v) is 2.03. The molecule has 0 aromatic carbocycles. The van der Waals surface area contributed by atoms with Gasteiger partial charge < -0.3 is 21.5 Å². The van der Waals surface area contributed by atoms with Gasteiger partial charge in [0.1, 0.15) is 5.82 Å². The normalized spacial score (nSPS) is 15.1. The number of hydrogen-bond acceptors (Lipinski definition) is 5. The van der Waals surface area contributed by atoms with Crippen molar-refractivity contribution in [3.63, 3.8) is 0 Å². The fourth-order valence-electron chi connectivity index (χ4n) is 2.03. The molecule has 134 valence electrons. The maximum absolute atomic E-state index is 11.9. The van der Waals surface area contributed by atoms with E-state index in [-0.39, 0.29) is 11.7 Å². The second kappa shape index (κ2) is 9.06. The van der Waals surface area contributed by atoms with E-state index in [9.17, 15) is 18.0 Å². The number of rotatable bonds is 3. The van der Waals surface area contributed by atoms with Crippen LogP contribution in [-0.4, -0.2) is 47.8 Å². The second-order valence-electron chi connectivity index (χ2n) is 5.14. The van der Waals surface area contributed by atoms with Gasteiger partial charge in [0.05, 0.1) is 5.56 Å².